The van der Waals surface area contributed by atoms with Crippen molar-refractivity contribution < 1.29 is 4.79 Å². The number of primary amides is 1. The molecule has 0 aliphatic heterocycles. The second-order valence-electron chi connectivity index (χ2n) is 6.54. The Morgan fingerprint density at radius 2 is 1.56 bits per heavy atom. The Hall–Kier alpha value is -0.710. The van der Waals surface area contributed by atoms with Gasteiger partial charge < -0.3 is 11.5 Å². The van der Waals surface area contributed by atoms with Crippen molar-refractivity contribution in [2.45, 2.75) is 43.8 Å². The molecule has 0 aromatic heterocycles. The van der Waals surface area contributed by atoms with E-state index in [0.29, 0.717) is 0 Å². The van der Waals surface area contributed by atoms with Crippen molar-refractivity contribution in [1.82, 2.24) is 0 Å². The van der Waals surface area contributed by atoms with Gasteiger partial charge in [-0.15, -0.1) is 0 Å². The molecule has 0 saturated heterocycles. The van der Waals surface area contributed by atoms with Crippen molar-refractivity contribution in [2.24, 2.45) is 34.6 Å². The summed E-state index contributed by atoms with van der Waals surface area (Å²) < 4.78 is 0. The lowest BCUT2D eigenvalue weighted by Gasteiger charge is -2.58. The number of thioether (sulfide) groups is 1. The lowest BCUT2D eigenvalue weighted by Crippen LogP contribution is -2.54. The summed E-state index contributed by atoms with van der Waals surface area (Å²) in [6.45, 7) is 0. The van der Waals surface area contributed by atoms with Gasteiger partial charge in [0.25, 0.3) is 0 Å². The number of nitrogens with one attached hydrogen (secondary N) is 1. The maximum atomic E-state index is 11.8. The molecule has 4 saturated carbocycles. The van der Waals surface area contributed by atoms with Crippen LogP contribution in [0.25, 0.3) is 0 Å². The molecular weight excluding hydrogens is 246 g/mol. The SMILES string of the molecule is N=C(N)SC(C(N)=O)C12CC3CC(CC(C3)C1)C2. The number of carbonyl (C=O) groups excluding carboxylic acids is 1. The molecule has 100 valence electrons. The summed E-state index contributed by atoms with van der Waals surface area (Å²) in [5.74, 6) is 2.07. The molecule has 18 heavy (non-hydrogen) atoms. The van der Waals surface area contributed by atoms with E-state index in [-0.39, 0.29) is 21.7 Å². The largest absolute Gasteiger partial charge is 0.379 e. The molecular formula is C13H21N3OS. The molecule has 4 aliphatic carbocycles. The molecule has 5 heteroatoms. The molecule has 4 rings (SSSR count). The van der Waals surface area contributed by atoms with E-state index >= 15 is 0 Å². The van der Waals surface area contributed by atoms with Crippen LogP contribution in [0.5, 0.6) is 0 Å². The highest BCUT2D eigenvalue weighted by Gasteiger charge is 2.55. The van der Waals surface area contributed by atoms with E-state index in [0.717, 1.165) is 37.0 Å². The summed E-state index contributed by atoms with van der Waals surface area (Å²) in [4.78, 5) is 11.8. The van der Waals surface area contributed by atoms with Gasteiger partial charge in [-0.05, 0) is 61.7 Å². The lowest BCUT2D eigenvalue weighted by molar-refractivity contribution is -0.124. The zero-order valence-corrected chi connectivity index (χ0v) is 11.3. The molecule has 0 heterocycles. The Labute approximate surface area is 112 Å². The van der Waals surface area contributed by atoms with Crippen LogP contribution in [0, 0.1) is 28.6 Å². The standard InChI is InChI=1S/C13H21N3OS/c14-11(17)10(18-12(15)16)13-4-7-1-8(5-13)3-9(2-7)6-13/h7-10H,1-6H2,(H2,14,17)(H3,15,16). The minimum Gasteiger partial charge on any atom is -0.379 e. The van der Waals surface area contributed by atoms with E-state index in [2.05, 4.69) is 0 Å². The highest BCUT2D eigenvalue weighted by atomic mass is 32.2. The van der Waals surface area contributed by atoms with Gasteiger partial charge in [0.2, 0.25) is 5.91 Å². The van der Waals surface area contributed by atoms with E-state index in [1.165, 1.54) is 31.0 Å². The van der Waals surface area contributed by atoms with Gasteiger partial charge in [0.05, 0.1) is 5.25 Å². The van der Waals surface area contributed by atoms with Gasteiger partial charge in [-0.25, -0.2) is 0 Å². The van der Waals surface area contributed by atoms with E-state index in [4.69, 9.17) is 16.9 Å². The third-order valence-corrected chi connectivity index (χ3v) is 6.37. The summed E-state index contributed by atoms with van der Waals surface area (Å²) in [5, 5.41) is 7.20. The summed E-state index contributed by atoms with van der Waals surface area (Å²) in [6.07, 6.45) is 7.38. The summed E-state index contributed by atoms with van der Waals surface area (Å²) in [5.41, 5.74) is 11.1. The van der Waals surface area contributed by atoms with Gasteiger partial charge >= 0.3 is 0 Å². The number of hydrogen-bond acceptors (Lipinski definition) is 3. The first-order valence-electron chi connectivity index (χ1n) is 6.78. The highest BCUT2D eigenvalue weighted by molar-refractivity contribution is 8.14. The molecule has 1 atom stereocenters. The van der Waals surface area contributed by atoms with Crippen LogP contribution < -0.4 is 11.5 Å². The molecule has 1 unspecified atom stereocenters. The second-order valence-corrected chi connectivity index (χ2v) is 7.69. The van der Waals surface area contributed by atoms with E-state index < -0.39 is 0 Å². The van der Waals surface area contributed by atoms with Crippen LogP contribution >= 0.6 is 11.8 Å². The van der Waals surface area contributed by atoms with E-state index in [1.807, 2.05) is 0 Å². The zero-order chi connectivity index (χ0) is 12.9. The maximum Gasteiger partial charge on any atom is 0.231 e. The predicted molar refractivity (Wildman–Crippen MR) is 73.1 cm³/mol. The normalized spacial score (nSPS) is 42.8. The van der Waals surface area contributed by atoms with Gasteiger partial charge in [0.1, 0.15) is 0 Å². The molecule has 1 amide bonds. The van der Waals surface area contributed by atoms with Crippen molar-refractivity contribution in [3.05, 3.63) is 0 Å². The molecule has 0 aromatic rings. The van der Waals surface area contributed by atoms with E-state index in [1.54, 1.807) is 0 Å². The van der Waals surface area contributed by atoms with Gasteiger partial charge in [-0.2, -0.15) is 0 Å². The molecule has 0 radical (unpaired) electrons. The topological polar surface area (TPSA) is 93.0 Å². The average molecular weight is 267 g/mol. The average Bonchev–Trinajstić information content (AvgIpc) is 2.23. The summed E-state index contributed by atoms with van der Waals surface area (Å²) >= 11 is 1.18. The van der Waals surface area contributed by atoms with Gasteiger partial charge in [-0.1, -0.05) is 11.8 Å². The first-order chi connectivity index (χ1) is 8.48. The molecule has 0 spiro atoms. The van der Waals surface area contributed by atoms with Crippen LogP contribution in [0.2, 0.25) is 0 Å². The zero-order valence-electron chi connectivity index (χ0n) is 10.5. The fourth-order valence-electron chi connectivity index (χ4n) is 5.11. The smallest absolute Gasteiger partial charge is 0.231 e. The van der Waals surface area contributed by atoms with Crippen molar-refractivity contribution in [3.63, 3.8) is 0 Å². The molecule has 4 aliphatic rings. The summed E-state index contributed by atoms with van der Waals surface area (Å²) in [6, 6.07) is 0. The van der Waals surface area contributed by atoms with Crippen LogP contribution in [0.1, 0.15) is 38.5 Å². The summed E-state index contributed by atoms with van der Waals surface area (Å²) in [7, 11) is 0. The monoisotopic (exact) mass is 267 g/mol. The van der Waals surface area contributed by atoms with Crippen molar-refractivity contribution in [2.75, 3.05) is 0 Å². The van der Waals surface area contributed by atoms with Crippen LogP contribution in [0.4, 0.5) is 0 Å². The number of nitrogens with two attached hydrogens (primary N) is 2. The minimum absolute atomic E-state index is 0.0227. The van der Waals surface area contributed by atoms with Gasteiger partial charge in [-0.3, -0.25) is 10.2 Å². The number of amides is 1. The lowest BCUT2D eigenvalue weighted by atomic mass is 9.48. The maximum absolute atomic E-state index is 11.8. The first kappa shape index (κ1) is 12.3. The Balaban J connectivity index is 1.88. The van der Waals surface area contributed by atoms with Gasteiger partial charge in [0, 0.05) is 0 Å². The van der Waals surface area contributed by atoms with Crippen molar-refractivity contribution >= 4 is 22.8 Å². The van der Waals surface area contributed by atoms with Crippen LogP contribution in [0.3, 0.4) is 0 Å². The molecule has 4 nitrogen and oxygen atoms in total. The molecule has 4 fully saturated rings. The number of amidine groups is 1. The number of carbonyl (C=O) groups is 1. The van der Waals surface area contributed by atoms with Crippen LogP contribution in [-0.4, -0.2) is 16.3 Å². The van der Waals surface area contributed by atoms with Gasteiger partial charge in [0.15, 0.2) is 5.17 Å². The highest BCUT2D eigenvalue weighted by Crippen LogP contribution is 2.62. The molecule has 5 N–H and O–H groups in total. The van der Waals surface area contributed by atoms with E-state index in [9.17, 15) is 4.79 Å². The predicted octanol–water partition coefficient (Wildman–Crippen LogP) is 1.68. The van der Waals surface area contributed by atoms with Crippen molar-refractivity contribution in [3.8, 4) is 0 Å². The quantitative estimate of drug-likeness (QED) is 0.536. The Morgan fingerprint density at radius 1 is 1.11 bits per heavy atom. The Morgan fingerprint density at radius 3 is 1.89 bits per heavy atom. The van der Waals surface area contributed by atoms with Crippen molar-refractivity contribution in [1.29, 1.82) is 5.41 Å². The second kappa shape index (κ2) is 4.15. The Kier molecular flexibility index (Phi) is 2.84. The van der Waals surface area contributed by atoms with Crippen LogP contribution in [-0.2, 0) is 4.79 Å². The fourth-order valence-corrected chi connectivity index (χ4v) is 6.02. The minimum atomic E-state index is -0.289. The fraction of sp³-hybridized carbons (Fsp3) is 0.846. The number of hydrogen-bond donors (Lipinski definition) is 3. The van der Waals surface area contributed by atoms with Crippen LogP contribution in [0.15, 0.2) is 0 Å². The Bertz CT molecular complexity index is 360. The first-order valence-corrected chi connectivity index (χ1v) is 7.66. The molecule has 4 bridgehead atoms. The molecule has 0 aromatic carbocycles. The number of rotatable bonds is 3. The third-order valence-electron chi connectivity index (χ3n) is 5.15. The third kappa shape index (κ3) is 1.92.